The van der Waals surface area contributed by atoms with Crippen molar-refractivity contribution in [3.8, 4) is 0 Å². The molecule has 2 N–H and O–H groups in total. The summed E-state index contributed by atoms with van der Waals surface area (Å²) in [5.41, 5.74) is 3.90. The highest BCUT2D eigenvalue weighted by Crippen LogP contribution is 2.19. The van der Waals surface area contributed by atoms with E-state index < -0.39 is 0 Å². The van der Waals surface area contributed by atoms with Crippen molar-refractivity contribution in [3.05, 3.63) is 51.8 Å². The summed E-state index contributed by atoms with van der Waals surface area (Å²) in [6.07, 6.45) is 0. The van der Waals surface area contributed by atoms with Crippen LogP contribution in [0.4, 0.5) is 0 Å². The lowest BCUT2D eigenvalue weighted by molar-refractivity contribution is 0.281. The Morgan fingerprint density at radius 3 is 2.68 bits per heavy atom. The van der Waals surface area contributed by atoms with Gasteiger partial charge in [-0.2, -0.15) is 5.10 Å². The van der Waals surface area contributed by atoms with Crippen LogP contribution in [-0.2, 0) is 26.7 Å². The van der Waals surface area contributed by atoms with E-state index in [9.17, 15) is 0 Å². The van der Waals surface area contributed by atoms with Gasteiger partial charge < -0.3 is 10.4 Å². The number of rotatable bonds is 5. The maximum atomic E-state index is 9.09. The van der Waals surface area contributed by atoms with Crippen LogP contribution in [0.3, 0.4) is 0 Å². The predicted molar refractivity (Wildman–Crippen MR) is 75.9 cm³/mol. The average molecular weight is 280 g/mol. The number of halogens is 1. The zero-order valence-electron chi connectivity index (χ0n) is 11.2. The van der Waals surface area contributed by atoms with Crippen LogP contribution in [0.1, 0.15) is 22.5 Å². The molecule has 0 amide bonds. The Kier molecular flexibility index (Phi) is 4.58. The van der Waals surface area contributed by atoms with Crippen LogP contribution in [0.5, 0.6) is 0 Å². The Morgan fingerprint density at radius 1 is 1.32 bits per heavy atom. The highest BCUT2D eigenvalue weighted by atomic mass is 35.5. The third-order valence-corrected chi connectivity index (χ3v) is 3.55. The van der Waals surface area contributed by atoms with Crippen LogP contribution in [0, 0.1) is 6.92 Å². The standard InChI is InChI=1S/C14H18ClN3O/c1-10-14(15)13(18(2)17-10)8-16-7-11-4-3-5-12(6-11)9-19/h3-6,16,19H,7-9H2,1-2H3. The van der Waals surface area contributed by atoms with Crippen LogP contribution in [0.15, 0.2) is 24.3 Å². The molecule has 5 heteroatoms. The number of aliphatic hydroxyl groups excluding tert-OH is 1. The molecule has 1 aromatic heterocycles. The molecule has 1 heterocycles. The highest BCUT2D eigenvalue weighted by Gasteiger charge is 2.10. The number of aryl methyl sites for hydroxylation is 2. The molecule has 0 aliphatic carbocycles. The van der Waals surface area contributed by atoms with Crippen molar-refractivity contribution >= 4 is 11.6 Å². The van der Waals surface area contributed by atoms with Crippen molar-refractivity contribution in [1.82, 2.24) is 15.1 Å². The van der Waals surface area contributed by atoms with E-state index >= 15 is 0 Å². The van der Waals surface area contributed by atoms with E-state index in [1.54, 1.807) is 4.68 Å². The highest BCUT2D eigenvalue weighted by molar-refractivity contribution is 6.31. The molecular formula is C14H18ClN3O. The molecule has 0 saturated heterocycles. The second-order valence-electron chi connectivity index (χ2n) is 4.55. The molecule has 0 fully saturated rings. The second-order valence-corrected chi connectivity index (χ2v) is 4.93. The van der Waals surface area contributed by atoms with Crippen molar-refractivity contribution in [2.45, 2.75) is 26.6 Å². The number of hydrogen-bond acceptors (Lipinski definition) is 3. The Morgan fingerprint density at radius 2 is 2.05 bits per heavy atom. The van der Waals surface area contributed by atoms with Crippen molar-refractivity contribution in [3.63, 3.8) is 0 Å². The van der Waals surface area contributed by atoms with Gasteiger partial charge in [0.1, 0.15) is 0 Å². The third kappa shape index (κ3) is 3.35. The van der Waals surface area contributed by atoms with E-state index in [4.69, 9.17) is 16.7 Å². The Balaban J connectivity index is 1.96. The molecule has 102 valence electrons. The van der Waals surface area contributed by atoms with E-state index in [1.165, 1.54) is 0 Å². The third-order valence-electron chi connectivity index (χ3n) is 3.06. The summed E-state index contributed by atoms with van der Waals surface area (Å²) in [6.45, 7) is 3.37. The fourth-order valence-electron chi connectivity index (χ4n) is 2.04. The average Bonchev–Trinajstić information content (AvgIpc) is 2.65. The molecule has 2 aromatic rings. The molecule has 19 heavy (non-hydrogen) atoms. The number of aliphatic hydroxyl groups is 1. The summed E-state index contributed by atoms with van der Waals surface area (Å²) in [5.74, 6) is 0. The minimum Gasteiger partial charge on any atom is -0.392 e. The fraction of sp³-hybridized carbons (Fsp3) is 0.357. The predicted octanol–water partition coefficient (Wildman–Crippen LogP) is 2.16. The van der Waals surface area contributed by atoms with Gasteiger partial charge in [-0.15, -0.1) is 0 Å². The first-order valence-electron chi connectivity index (χ1n) is 6.19. The summed E-state index contributed by atoms with van der Waals surface area (Å²) in [5, 5.41) is 17.4. The number of aromatic nitrogens is 2. The first kappa shape index (κ1) is 14.1. The number of nitrogens with one attached hydrogen (secondary N) is 1. The largest absolute Gasteiger partial charge is 0.392 e. The lowest BCUT2D eigenvalue weighted by Crippen LogP contribution is -2.15. The fourth-order valence-corrected chi connectivity index (χ4v) is 2.26. The molecule has 0 aliphatic rings. The van der Waals surface area contributed by atoms with Crippen molar-refractivity contribution in [2.24, 2.45) is 7.05 Å². The lowest BCUT2D eigenvalue weighted by atomic mass is 10.1. The van der Waals surface area contributed by atoms with Gasteiger partial charge >= 0.3 is 0 Å². The molecule has 0 radical (unpaired) electrons. The second kappa shape index (κ2) is 6.19. The Hall–Kier alpha value is -1.36. The summed E-state index contributed by atoms with van der Waals surface area (Å²) in [7, 11) is 1.89. The van der Waals surface area contributed by atoms with Crippen molar-refractivity contribution in [2.75, 3.05) is 0 Å². The molecule has 0 aliphatic heterocycles. The SMILES string of the molecule is Cc1nn(C)c(CNCc2cccc(CO)c2)c1Cl. The molecule has 1 aromatic carbocycles. The van der Waals surface area contributed by atoms with E-state index in [0.29, 0.717) is 6.54 Å². The lowest BCUT2D eigenvalue weighted by Gasteiger charge is -2.07. The van der Waals surface area contributed by atoms with Crippen LogP contribution >= 0.6 is 11.6 Å². The van der Waals surface area contributed by atoms with Crippen LogP contribution in [0.2, 0.25) is 5.02 Å². The zero-order valence-corrected chi connectivity index (χ0v) is 11.9. The summed E-state index contributed by atoms with van der Waals surface area (Å²) < 4.78 is 1.80. The van der Waals surface area contributed by atoms with E-state index in [1.807, 2.05) is 38.2 Å². The normalized spacial score (nSPS) is 10.9. The molecule has 4 nitrogen and oxygen atoms in total. The number of nitrogens with zero attached hydrogens (tertiary/aromatic N) is 2. The van der Waals surface area contributed by atoms with Gasteiger partial charge in [-0.25, -0.2) is 0 Å². The van der Waals surface area contributed by atoms with Gasteiger partial charge in [0, 0.05) is 20.1 Å². The molecule has 0 atom stereocenters. The molecular weight excluding hydrogens is 262 g/mol. The molecule has 0 unspecified atom stereocenters. The maximum absolute atomic E-state index is 9.09. The molecule has 0 saturated carbocycles. The maximum Gasteiger partial charge on any atom is 0.0860 e. The van der Waals surface area contributed by atoms with Crippen molar-refractivity contribution in [1.29, 1.82) is 0 Å². The van der Waals surface area contributed by atoms with Crippen LogP contribution in [-0.4, -0.2) is 14.9 Å². The Labute approximate surface area is 118 Å². The quantitative estimate of drug-likeness (QED) is 0.882. The summed E-state index contributed by atoms with van der Waals surface area (Å²) >= 11 is 6.19. The van der Waals surface area contributed by atoms with Gasteiger partial charge in [0.25, 0.3) is 0 Å². The van der Waals surface area contributed by atoms with E-state index in [0.717, 1.165) is 34.1 Å². The first-order chi connectivity index (χ1) is 9.11. The van der Waals surface area contributed by atoms with Crippen LogP contribution < -0.4 is 5.32 Å². The minimum atomic E-state index is 0.0700. The minimum absolute atomic E-state index is 0.0700. The van der Waals surface area contributed by atoms with Crippen LogP contribution in [0.25, 0.3) is 0 Å². The topological polar surface area (TPSA) is 50.1 Å². The first-order valence-corrected chi connectivity index (χ1v) is 6.57. The number of hydrogen-bond donors (Lipinski definition) is 2. The van der Waals surface area contributed by atoms with Gasteiger partial charge in [-0.3, -0.25) is 4.68 Å². The van der Waals surface area contributed by atoms with E-state index in [-0.39, 0.29) is 6.61 Å². The smallest absolute Gasteiger partial charge is 0.0860 e. The summed E-state index contributed by atoms with van der Waals surface area (Å²) in [4.78, 5) is 0. The summed E-state index contributed by atoms with van der Waals surface area (Å²) in [6, 6.07) is 7.87. The van der Waals surface area contributed by atoms with Gasteiger partial charge in [-0.05, 0) is 18.1 Å². The molecule has 0 bridgehead atoms. The van der Waals surface area contributed by atoms with Gasteiger partial charge in [-0.1, -0.05) is 35.9 Å². The number of benzene rings is 1. The van der Waals surface area contributed by atoms with Crippen molar-refractivity contribution < 1.29 is 5.11 Å². The van der Waals surface area contributed by atoms with Gasteiger partial charge in [0.05, 0.1) is 23.0 Å². The van der Waals surface area contributed by atoms with E-state index in [2.05, 4.69) is 10.4 Å². The van der Waals surface area contributed by atoms with Gasteiger partial charge in [0.2, 0.25) is 0 Å². The zero-order chi connectivity index (χ0) is 13.8. The monoisotopic (exact) mass is 279 g/mol. The molecule has 0 spiro atoms. The Bertz CT molecular complexity index is 566. The van der Waals surface area contributed by atoms with Gasteiger partial charge in [0.15, 0.2) is 0 Å². The molecule has 2 rings (SSSR count).